The number of hydrogen-bond acceptors (Lipinski definition) is 4. The number of carbonyl (C=O) groups excluding carboxylic acids is 2. The second-order valence-electron chi connectivity index (χ2n) is 6.63. The van der Waals surface area contributed by atoms with Crippen molar-refractivity contribution in [2.45, 2.75) is 52.0 Å². The zero-order valence-corrected chi connectivity index (χ0v) is 16.4. The number of unbranched alkanes of at least 4 members (excludes halogenated alkanes) is 3. The third-order valence-corrected chi connectivity index (χ3v) is 4.29. The minimum absolute atomic E-state index is 0.401. The van der Waals surface area contributed by atoms with Gasteiger partial charge in [0.05, 0.1) is 12.3 Å². The molecule has 1 aromatic carbocycles. The normalized spacial score (nSPS) is 10.2. The van der Waals surface area contributed by atoms with Crippen LogP contribution < -0.4 is 9.88 Å². The second-order valence-corrected chi connectivity index (χ2v) is 6.63. The van der Waals surface area contributed by atoms with Crippen LogP contribution in [0.2, 0.25) is 0 Å². The Bertz CT molecular complexity index is 784. The maximum Gasteiger partial charge on any atom is 0.411 e. The van der Waals surface area contributed by atoms with Crippen LogP contribution in [0.4, 0.5) is 16.2 Å². The molecule has 0 aliphatic carbocycles. The van der Waals surface area contributed by atoms with Gasteiger partial charge in [0.1, 0.15) is 6.54 Å². The van der Waals surface area contributed by atoms with E-state index in [9.17, 15) is 9.59 Å². The lowest BCUT2D eigenvalue weighted by Crippen LogP contribution is -2.33. The summed E-state index contributed by atoms with van der Waals surface area (Å²) < 4.78 is 7.44. The van der Waals surface area contributed by atoms with E-state index in [-0.39, 0.29) is 0 Å². The smallest absolute Gasteiger partial charge is 0.411 e. The summed E-state index contributed by atoms with van der Waals surface area (Å²) in [4.78, 5) is 25.4. The van der Waals surface area contributed by atoms with Crippen LogP contribution in [0.15, 0.2) is 53.8 Å². The maximum absolute atomic E-state index is 11.8. The van der Waals surface area contributed by atoms with Gasteiger partial charge in [-0.2, -0.15) is 4.99 Å². The van der Waals surface area contributed by atoms with Gasteiger partial charge >= 0.3 is 6.09 Å². The molecule has 6 heteroatoms. The van der Waals surface area contributed by atoms with E-state index in [0.717, 1.165) is 45.1 Å². The molecule has 28 heavy (non-hydrogen) atoms. The van der Waals surface area contributed by atoms with Crippen molar-refractivity contribution in [3.8, 4) is 0 Å². The molecule has 0 aliphatic heterocycles. The van der Waals surface area contributed by atoms with Crippen molar-refractivity contribution >= 4 is 23.5 Å². The summed E-state index contributed by atoms with van der Waals surface area (Å²) in [7, 11) is 0. The zero-order valence-electron chi connectivity index (χ0n) is 16.4. The van der Waals surface area contributed by atoms with E-state index in [0.29, 0.717) is 18.0 Å². The largest absolute Gasteiger partial charge is 0.449 e. The van der Waals surface area contributed by atoms with Crippen molar-refractivity contribution < 1.29 is 18.9 Å². The number of pyridine rings is 1. The predicted octanol–water partition coefficient (Wildman–Crippen LogP) is 4.70. The molecule has 6 nitrogen and oxygen atoms in total. The highest BCUT2D eigenvalue weighted by Crippen LogP contribution is 2.15. The molecule has 0 saturated carbocycles. The number of aryl methyl sites for hydroxylation is 2. The Labute approximate surface area is 166 Å². The molecule has 148 valence electrons. The van der Waals surface area contributed by atoms with Crippen LogP contribution in [-0.4, -0.2) is 18.8 Å². The van der Waals surface area contributed by atoms with Gasteiger partial charge in [-0.25, -0.2) is 14.2 Å². The molecule has 0 atom stereocenters. The van der Waals surface area contributed by atoms with Gasteiger partial charge in [-0.15, -0.1) is 0 Å². The molecule has 2 rings (SSSR count). The molecule has 0 aliphatic rings. The standard InChI is InChI=1S/C22H27N3O3/c1-2-8-19-9-7-15-25(17-19)14-5-3-4-6-16-28-22(27)24-21-12-10-20(11-13-21)23-18-26/h7,9-13,15,17H,2-6,8,14,16H2,1H3/p+1. The van der Waals surface area contributed by atoms with E-state index < -0.39 is 6.09 Å². The topological polar surface area (TPSA) is 71.6 Å². The molecule has 1 amide bonds. The van der Waals surface area contributed by atoms with Gasteiger partial charge in [0.15, 0.2) is 12.4 Å². The molecule has 0 bridgehead atoms. The average molecular weight is 382 g/mol. The van der Waals surface area contributed by atoms with E-state index in [1.54, 1.807) is 24.3 Å². The number of aliphatic imine (C=N–C) groups is 1. The summed E-state index contributed by atoms with van der Waals surface area (Å²) in [6, 6.07) is 10.8. The first-order valence-electron chi connectivity index (χ1n) is 9.81. The monoisotopic (exact) mass is 382 g/mol. The SMILES string of the molecule is CCCc1ccc[n+](CCCCCCOC(=O)Nc2ccc(N=C=O)cc2)c1. The van der Waals surface area contributed by atoms with Crippen LogP contribution in [0, 0.1) is 0 Å². The van der Waals surface area contributed by atoms with Crippen molar-refractivity contribution in [1.29, 1.82) is 0 Å². The molecule has 0 spiro atoms. The first kappa shape index (κ1) is 21.3. The Balaban J connectivity index is 1.55. The summed E-state index contributed by atoms with van der Waals surface area (Å²) in [6.45, 7) is 3.61. The molecule has 0 radical (unpaired) electrons. The fourth-order valence-corrected chi connectivity index (χ4v) is 2.89. The highest BCUT2D eigenvalue weighted by Gasteiger charge is 2.04. The predicted molar refractivity (Wildman–Crippen MR) is 108 cm³/mol. The van der Waals surface area contributed by atoms with Crippen molar-refractivity contribution in [3.63, 3.8) is 0 Å². The highest BCUT2D eigenvalue weighted by molar-refractivity contribution is 5.84. The number of carbonyl (C=O) groups is 1. The van der Waals surface area contributed by atoms with Crippen LogP contribution in [-0.2, 0) is 22.5 Å². The van der Waals surface area contributed by atoms with Gasteiger partial charge in [-0.3, -0.25) is 5.32 Å². The van der Waals surface area contributed by atoms with Gasteiger partial charge in [0.25, 0.3) is 0 Å². The fraction of sp³-hybridized carbons (Fsp3) is 0.409. The lowest BCUT2D eigenvalue weighted by molar-refractivity contribution is -0.697. The molecule has 1 heterocycles. The van der Waals surface area contributed by atoms with Gasteiger partial charge in [0, 0.05) is 23.7 Å². The van der Waals surface area contributed by atoms with E-state index >= 15 is 0 Å². The van der Waals surface area contributed by atoms with Crippen LogP contribution in [0.1, 0.15) is 44.6 Å². The Morgan fingerprint density at radius 1 is 1.14 bits per heavy atom. The minimum Gasteiger partial charge on any atom is -0.449 e. The molecule has 2 aromatic rings. The number of isocyanates is 1. The summed E-state index contributed by atoms with van der Waals surface area (Å²) in [6.07, 6.45) is 11.7. The molecule has 0 saturated heterocycles. The Hall–Kier alpha value is -2.98. The van der Waals surface area contributed by atoms with E-state index in [4.69, 9.17) is 4.74 Å². The molecule has 0 fully saturated rings. The number of anilines is 1. The lowest BCUT2D eigenvalue weighted by Gasteiger charge is -2.07. The molecular weight excluding hydrogens is 354 g/mol. The summed E-state index contributed by atoms with van der Waals surface area (Å²) in [5, 5.41) is 2.65. The van der Waals surface area contributed by atoms with Gasteiger partial charge in [0.2, 0.25) is 6.08 Å². The van der Waals surface area contributed by atoms with E-state index in [2.05, 4.69) is 46.3 Å². The molecule has 1 N–H and O–H groups in total. The van der Waals surface area contributed by atoms with Crippen LogP contribution in [0.25, 0.3) is 0 Å². The highest BCUT2D eigenvalue weighted by atomic mass is 16.5. The number of nitrogens with one attached hydrogen (secondary N) is 1. The second kappa shape index (κ2) is 12.4. The number of benzene rings is 1. The first-order chi connectivity index (χ1) is 13.7. The van der Waals surface area contributed by atoms with Crippen molar-refractivity contribution in [3.05, 3.63) is 54.4 Å². The Morgan fingerprint density at radius 3 is 2.68 bits per heavy atom. The van der Waals surface area contributed by atoms with Gasteiger partial charge in [-0.1, -0.05) is 13.3 Å². The van der Waals surface area contributed by atoms with Crippen molar-refractivity contribution in [1.82, 2.24) is 0 Å². The number of aromatic nitrogens is 1. The lowest BCUT2D eigenvalue weighted by atomic mass is 10.1. The first-order valence-corrected chi connectivity index (χ1v) is 9.81. The number of nitrogens with zero attached hydrogens (tertiary/aromatic N) is 2. The number of amides is 1. The summed E-state index contributed by atoms with van der Waals surface area (Å²) in [5.74, 6) is 0. The quantitative estimate of drug-likeness (QED) is 0.265. The van der Waals surface area contributed by atoms with Crippen LogP contribution in [0.3, 0.4) is 0 Å². The number of ether oxygens (including phenoxy) is 1. The van der Waals surface area contributed by atoms with E-state index in [1.165, 1.54) is 11.6 Å². The molecule has 1 aromatic heterocycles. The van der Waals surface area contributed by atoms with Crippen LogP contribution in [0.5, 0.6) is 0 Å². The van der Waals surface area contributed by atoms with Crippen LogP contribution >= 0.6 is 0 Å². The third-order valence-electron chi connectivity index (χ3n) is 4.29. The zero-order chi connectivity index (χ0) is 20.0. The Morgan fingerprint density at radius 2 is 1.93 bits per heavy atom. The number of hydrogen-bond donors (Lipinski definition) is 1. The fourth-order valence-electron chi connectivity index (χ4n) is 2.89. The third kappa shape index (κ3) is 8.14. The number of rotatable bonds is 11. The average Bonchev–Trinajstić information content (AvgIpc) is 2.69. The minimum atomic E-state index is -0.477. The maximum atomic E-state index is 11.8. The molecule has 0 unspecified atom stereocenters. The summed E-state index contributed by atoms with van der Waals surface area (Å²) in [5.41, 5.74) is 2.47. The van der Waals surface area contributed by atoms with Gasteiger partial charge < -0.3 is 4.74 Å². The summed E-state index contributed by atoms with van der Waals surface area (Å²) >= 11 is 0. The van der Waals surface area contributed by atoms with Gasteiger partial charge in [-0.05, 0) is 56.0 Å². The van der Waals surface area contributed by atoms with Crippen molar-refractivity contribution in [2.75, 3.05) is 11.9 Å². The van der Waals surface area contributed by atoms with E-state index in [1.807, 2.05) is 0 Å². The van der Waals surface area contributed by atoms with Crippen molar-refractivity contribution in [2.24, 2.45) is 4.99 Å². The molecular formula is C22H28N3O3+. The Kier molecular flexibility index (Phi) is 9.45.